The summed E-state index contributed by atoms with van der Waals surface area (Å²) in [7, 11) is 4.68. The van der Waals surface area contributed by atoms with E-state index in [1.807, 2.05) is 18.2 Å². The third-order valence-electron chi connectivity index (χ3n) is 5.09. The van der Waals surface area contributed by atoms with Crippen LogP contribution in [0.4, 0.5) is 21.6 Å². The van der Waals surface area contributed by atoms with E-state index in [1.165, 1.54) is 18.3 Å². The summed E-state index contributed by atoms with van der Waals surface area (Å²) < 4.78 is 25.3. The lowest BCUT2D eigenvalue weighted by molar-refractivity contribution is -0.114. The minimum atomic E-state index is -0.949. The van der Waals surface area contributed by atoms with Crippen LogP contribution < -0.4 is 20.1 Å². The Hall–Kier alpha value is -4.44. The summed E-state index contributed by atoms with van der Waals surface area (Å²) in [6.45, 7) is 0.282. The van der Waals surface area contributed by atoms with Crippen LogP contribution in [0.1, 0.15) is 5.69 Å². The number of carbonyl (C=O) groups is 1. The summed E-state index contributed by atoms with van der Waals surface area (Å²) in [5.41, 5.74) is 2.25. The zero-order chi connectivity index (χ0) is 26.4. The van der Waals surface area contributed by atoms with Gasteiger partial charge in [-0.15, -0.1) is 0 Å². The summed E-state index contributed by atoms with van der Waals surface area (Å²) in [5, 5.41) is 6.71. The molecule has 37 heavy (non-hydrogen) atoms. The first-order chi connectivity index (χ1) is 17.8. The van der Waals surface area contributed by atoms with Crippen molar-refractivity contribution in [2.24, 2.45) is 0 Å². The molecular weight excluding hydrogens is 499 g/mol. The number of carbonyl (C=O) groups excluding carboxylic acids is 1. The van der Waals surface area contributed by atoms with Gasteiger partial charge in [-0.3, -0.25) is 9.78 Å². The van der Waals surface area contributed by atoms with Crippen molar-refractivity contribution < 1.29 is 18.7 Å². The first-order valence-corrected chi connectivity index (χ1v) is 11.5. The van der Waals surface area contributed by atoms with Gasteiger partial charge in [0.05, 0.1) is 29.0 Å². The lowest BCUT2D eigenvalue weighted by Gasteiger charge is -2.14. The molecule has 0 saturated carbocycles. The molecule has 0 aliphatic rings. The number of amides is 1. The number of benzene rings is 2. The molecule has 0 spiro atoms. The van der Waals surface area contributed by atoms with E-state index in [4.69, 9.17) is 21.1 Å². The minimum absolute atomic E-state index is 0.261. The molecule has 4 rings (SSSR count). The number of fused-ring (bicyclic) bond motifs is 1. The fourth-order valence-electron chi connectivity index (χ4n) is 3.38. The summed E-state index contributed by atoms with van der Waals surface area (Å²) in [4.78, 5) is 26.6. The van der Waals surface area contributed by atoms with Crippen molar-refractivity contribution in [3.63, 3.8) is 0 Å². The number of pyridine rings is 1. The number of methoxy groups -OCH3 is 1. The van der Waals surface area contributed by atoms with Crippen LogP contribution in [-0.2, 0) is 11.4 Å². The first kappa shape index (κ1) is 25.6. The number of hydrogen-bond acceptors (Lipinski definition) is 8. The highest BCUT2D eigenvalue weighted by Crippen LogP contribution is 2.35. The number of nitrogens with zero attached hydrogens (tertiary/aromatic N) is 4. The first-order valence-electron chi connectivity index (χ1n) is 11.1. The third-order valence-corrected chi connectivity index (χ3v) is 5.38. The molecule has 11 heteroatoms. The van der Waals surface area contributed by atoms with Gasteiger partial charge >= 0.3 is 0 Å². The molecular formula is C26H24ClFN6O3. The Kier molecular flexibility index (Phi) is 7.99. The number of aromatic nitrogens is 3. The van der Waals surface area contributed by atoms with Gasteiger partial charge in [0.25, 0.3) is 5.91 Å². The Balaban J connectivity index is 1.58. The quantitative estimate of drug-likeness (QED) is 0.285. The van der Waals surface area contributed by atoms with Crippen LogP contribution >= 0.6 is 11.6 Å². The molecule has 9 nitrogen and oxygen atoms in total. The second-order valence-corrected chi connectivity index (χ2v) is 8.47. The molecule has 2 N–H and O–H groups in total. The maximum Gasteiger partial charge on any atom is 0.286 e. The van der Waals surface area contributed by atoms with E-state index in [2.05, 4.69) is 25.6 Å². The van der Waals surface area contributed by atoms with Gasteiger partial charge in [-0.25, -0.2) is 9.97 Å². The summed E-state index contributed by atoms with van der Waals surface area (Å²) in [5.74, 6) is -0.583. The Morgan fingerprint density at radius 1 is 1.11 bits per heavy atom. The van der Waals surface area contributed by atoms with E-state index in [9.17, 15) is 9.18 Å². The predicted molar refractivity (Wildman–Crippen MR) is 141 cm³/mol. The van der Waals surface area contributed by atoms with E-state index in [0.29, 0.717) is 38.9 Å². The molecule has 0 aliphatic carbocycles. The highest BCUT2D eigenvalue weighted by molar-refractivity contribution is 6.32. The number of nitrogens with one attached hydrogen (secondary N) is 2. The van der Waals surface area contributed by atoms with Gasteiger partial charge < -0.3 is 25.0 Å². The molecule has 0 unspecified atom stereocenters. The van der Waals surface area contributed by atoms with Crippen molar-refractivity contribution >= 4 is 45.6 Å². The number of ether oxygens (including phenoxy) is 2. The zero-order valence-corrected chi connectivity index (χ0v) is 21.1. The fraction of sp³-hybridized carbons (Fsp3) is 0.154. The molecule has 2 aromatic carbocycles. The predicted octanol–water partition coefficient (Wildman–Crippen LogP) is 5.32. The molecule has 0 atom stereocenters. The SMILES string of the molecule is COc1cc2ncnc(Nc3ccc(OCc4ccccn4)c(Cl)c3)c2cc1NC(=O)/C(F)=C\N(C)C. The standard InChI is InChI=1S/C26H24ClFN6O3/c1-34(2)13-20(28)26(35)33-22-11-18-21(12-24(22)36-3)30-15-31-25(18)32-16-7-8-23(19(27)10-16)37-14-17-6-4-5-9-29-17/h4-13,15H,14H2,1-3H3,(H,33,35)(H,30,31,32)/b20-13+. The number of hydrogen-bond donors (Lipinski definition) is 2. The van der Waals surface area contributed by atoms with Gasteiger partial charge in [0.15, 0.2) is 0 Å². The Morgan fingerprint density at radius 2 is 1.95 bits per heavy atom. The molecule has 0 fully saturated rings. The molecule has 2 heterocycles. The Labute approximate surface area is 217 Å². The molecule has 0 radical (unpaired) electrons. The molecule has 0 aliphatic heterocycles. The van der Waals surface area contributed by atoms with Crippen molar-refractivity contribution in [1.82, 2.24) is 19.9 Å². The smallest absolute Gasteiger partial charge is 0.286 e. The Morgan fingerprint density at radius 3 is 2.65 bits per heavy atom. The maximum absolute atomic E-state index is 14.2. The second kappa shape index (κ2) is 11.5. The fourth-order valence-corrected chi connectivity index (χ4v) is 3.62. The van der Waals surface area contributed by atoms with Crippen LogP contribution in [0.25, 0.3) is 10.9 Å². The molecule has 0 bridgehead atoms. The zero-order valence-electron chi connectivity index (χ0n) is 20.3. The summed E-state index contributed by atoms with van der Waals surface area (Å²) >= 11 is 6.44. The maximum atomic E-state index is 14.2. The number of halogens is 2. The Bertz CT molecular complexity index is 1450. The van der Waals surface area contributed by atoms with Gasteiger partial charge in [0.1, 0.15) is 30.3 Å². The summed E-state index contributed by atoms with van der Waals surface area (Å²) in [6, 6.07) is 14.1. The monoisotopic (exact) mass is 522 g/mol. The topological polar surface area (TPSA) is 102 Å². The lowest BCUT2D eigenvalue weighted by atomic mass is 10.1. The highest BCUT2D eigenvalue weighted by atomic mass is 35.5. The van der Waals surface area contributed by atoms with Crippen molar-refractivity contribution in [2.45, 2.75) is 6.61 Å². The van der Waals surface area contributed by atoms with E-state index in [0.717, 1.165) is 11.9 Å². The van der Waals surface area contributed by atoms with Crippen LogP contribution in [0, 0.1) is 0 Å². The second-order valence-electron chi connectivity index (χ2n) is 8.07. The van der Waals surface area contributed by atoms with Gasteiger partial charge in [-0.05, 0) is 36.4 Å². The van der Waals surface area contributed by atoms with Gasteiger partial charge in [-0.2, -0.15) is 4.39 Å². The largest absolute Gasteiger partial charge is 0.494 e. The van der Waals surface area contributed by atoms with E-state index in [1.54, 1.807) is 50.6 Å². The lowest BCUT2D eigenvalue weighted by Crippen LogP contribution is -2.15. The van der Waals surface area contributed by atoms with Crippen molar-refractivity contribution in [1.29, 1.82) is 0 Å². The van der Waals surface area contributed by atoms with Crippen LogP contribution in [0.2, 0.25) is 5.02 Å². The van der Waals surface area contributed by atoms with E-state index in [-0.39, 0.29) is 12.3 Å². The van der Waals surface area contributed by atoms with Gasteiger partial charge in [0, 0.05) is 43.6 Å². The molecule has 0 saturated heterocycles. The van der Waals surface area contributed by atoms with Crippen molar-refractivity contribution in [2.75, 3.05) is 31.8 Å². The average Bonchev–Trinajstić information content (AvgIpc) is 2.88. The van der Waals surface area contributed by atoms with Gasteiger partial charge in [-0.1, -0.05) is 17.7 Å². The normalized spacial score (nSPS) is 11.2. The number of rotatable bonds is 9. The molecule has 4 aromatic rings. The average molecular weight is 523 g/mol. The van der Waals surface area contributed by atoms with Crippen LogP contribution in [-0.4, -0.2) is 47.0 Å². The van der Waals surface area contributed by atoms with Crippen LogP contribution in [0.15, 0.2) is 73.1 Å². The molecule has 2 aromatic heterocycles. The van der Waals surface area contributed by atoms with E-state index < -0.39 is 11.7 Å². The minimum Gasteiger partial charge on any atom is -0.494 e. The van der Waals surface area contributed by atoms with Crippen LogP contribution in [0.3, 0.4) is 0 Å². The van der Waals surface area contributed by atoms with Crippen LogP contribution in [0.5, 0.6) is 11.5 Å². The third kappa shape index (κ3) is 6.42. The molecule has 190 valence electrons. The molecule has 1 amide bonds. The highest BCUT2D eigenvalue weighted by Gasteiger charge is 2.16. The van der Waals surface area contributed by atoms with Crippen molar-refractivity contribution in [3.8, 4) is 11.5 Å². The summed E-state index contributed by atoms with van der Waals surface area (Å²) in [6.07, 6.45) is 4.17. The number of anilines is 3. The van der Waals surface area contributed by atoms with Crippen molar-refractivity contribution in [3.05, 3.63) is 83.8 Å². The van der Waals surface area contributed by atoms with E-state index >= 15 is 0 Å². The van der Waals surface area contributed by atoms with Gasteiger partial charge in [0.2, 0.25) is 5.83 Å².